The zero-order chi connectivity index (χ0) is 15.3. The highest BCUT2D eigenvalue weighted by atomic mass is 16.4. The van der Waals surface area contributed by atoms with Crippen LogP contribution in [0, 0.1) is 20.8 Å². The molecule has 0 radical (unpaired) electrons. The van der Waals surface area contributed by atoms with Gasteiger partial charge in [0.25, 0.3) is 0 Å². The summed E-state index contributed by atoms with van der Waals surface area (Å²) >= 11 is 0. The Kier molecular flexibility index (Phi) is 5.38. The summed E-state index contributed by atoms with van der Waals surface area (Å²) in [6.07, 6.45) is 1.58. The largest absolute Gasteiger partial charge is 0.476 e. The smallest absolute Gasteiger partial charge is 0.355 e. The molecule has 0 aliphatic heterocycles. The Morgan fingerprint density at radius 3 is 2.35 bits per heavy atom. The van der Waals surface area contributed by atoms with Crippen LogP contribution in [0.1, 0.15) is 41.3 Å². The number of aromatic nitrogens is 2. The number of benzene rings is 1. The van der Waals surface area contributed by atoms with Crippen LogP contribution >= 0.6 is 0 Å². The van der Waals surface area contributed by atoms with E-state index in [0.717, 1.165) is 16.7 Å². The fourth-order valence-electron chi connectivity index (χ4n) is 1.87. The second-order valence-corrected chi connectivity index (χ2v) is 4.23. The van der Waals surface area contributed by atoms with Crippen molar-refractivity contribution in [1.82, 2.24) is 9.97 Å². The molecule has 106 valence electrons. The molecule has 1 aromatic carbocycles. The Morgan fingerprint density at radius 1 is 1.10 bits per heavy atom. The van der Waals surface area contributed by atoms with Gasteiger partial charge in [0.15, 0.2) is 5.69 Å². The maximum atomic E-state index is 11.3. The second-order valence-electron chi connectivity index (χ2n) is 4.23. The molecule has 20 heavy (non-hydrogen) atoms. The third-order valence-electron chi connectivity index (χ3n) is 3.01. The number of carbonyl (C=O) groups is 1. The Labute approximate surface area is 119 Å². The molecule has 2 aromatic rings. The van der Waals surface area contributed by atoms with Gasteiger partial charge in [-0.25, -0.2) is 14.8 Å². The summed E-state index contributed by atoms with van der Waals surface area (Å²) in [5, 5.41) is 9.22. The van der Waals surface area contributed by atoms with E-state index < -0.39 is 5.97 Å². The number of carboxylic acid groups (broad SMARTS) is 1. The zero-order valence-corrected chi connectivity index (χ0v) is 12.6. The SMILES string of the molecule is CC.Cc1ncc(-c2cccc(C)c2C)c(C(=O)O)n1. The van der Waals surface area contributed by atoms with Crippen molar-refractivity contribution in [3.05, 3.63) is 47.0 Å². The van der Waals surface area contributed by atoms with Crippen molar-refractivity contribution in [3.8, 4) is 11.1 Å². The average molecular weight is 272 g/mol. The van der Waals surface area contributed by atoms with Crippen molar-refractivity contribution in [2.45, 2.75) is 34.6 Å². The topological polar surface area (TPSA) is 63.1 Å². The van der Waals surface area contributed by atoms with Crippen molar-refractivity contribution < 1.29 is 9.90 Å². The molecule has 1 N–H and O–H groups in total. The van der Waals surface area contributed by atoms with E-state index in [0.29, 0.717) is 11.4 Å². The highest BCUT2D eigenvalue weighted by molar-refractivity contribution is 5.94. The summed E-state index contributed by atoms with van der Waals surface area (Å²) < 4.78 is 0. The van der Waals surface area contributed by atoms with Gasteiger partial charge in [0, 0.05) is 11.8 Å². The molecule has 0 aliphatic rings. The summed E-state index contributed by atoms with van der Waals surface area (Å²) in [6, 6.07) is 5.79. The molecule has 0 saturated heterocycles. The average Bonchev–Trinajstić information content (AvgIpc) is 2.44. The maximum absolute atomic E-state index is 11.3. The summed E-state index contributed by atoms with van der Waals surface area (Å²) in [5.41, 5.74) is 3.65. The monoisotopic (exact) mass is 272 g/mol. The quantitative estimate of drug-likeness (QED) is 0.903. The lowest BCUT2D eigenvalue weighted by Gasteiger charge is -2.10. The zero-order valence-electron chi connectivity index (χ0n) is 12.6. The van der Waals surface area contributed by atoms with Gasteiger partial charge in [0.2, 0.25) is 0 Å². The van der Waals surface area contributed by atoms with E-state index in [1.807, 2.05) is 45.9 Å². The van der Waals surface area contributed by atoms with Crippen LogP contribution in [-0.4, -0.2) is 21.0 Å². The molecule has 2 rings (SSSR count). The molecule has 1 heterocycles. The Morgan fingerprint density at radius 2 is 1.75 bits per heavy atom. The van der Waals surface area contributed by atoms with Gasteiger partial charge in [-0.15, -0.1) is 0 Å². The van der Waals surface area contributed by atoms with Crippen LogP contribution in [0.4, 0.5) is 0 Å². The van der Waals surface area contributed by atoms with Crippen molar-refractivity contribution in [2.75, 3.05) is 0 Å². The number of aryl methyl sites for hydroxylation is 2. The van der Waals surface area contributed by atoms with Crippen LogP contribution in [0.5, 0.6) is 0 Å². The molecule has 0 atom stereocenters. The van der Waals surface area contributed by atoms with Crippen LogP contribution in [0.15, 0.2) is 24.4 Å². The van der Waals surface area contributed by atoms with Gasteiger partial charge in [-0.2, -0.15) is 0 Å². The molecule has 0 saturated carbocycles. The highest BCUT2D eigenvalue weighted by Gasteiger charge is 2.16. The lowest BCUT2D eigenvalue weighted by atomic mass is 9.97. The fraction of sp³-hybridized carbons (Fsp3) is 0.312. The van der Waals surface area contributed by atoms with Gasteiger partial charge in [-0.1, -0.05) is 32.0 Å². The number of carboxylic acids is 1. The molecule has 4 nitrogen and oxygen atoms in total. The van der Waals surface area contributed by atoms with E-state index in [1.54, 1.807) is 13.1 Å². The molecule has 0 amide bonds. The predicted molar refractivity (Wildman–Crippen MR) is 80.0 cm³/mol. The van der Waals surface area contributed by atoms with Crippen molar-refractivity contribution in [3.63, 3.8) is 0 Å². The van der Waals surface area contributed by atoms with Gasteiger partial charge >= 0.3 is 5.97 Å². The second kappa shape index (κ2) is 6.80. The highest BCUT2D eigenvalue weighted by Crippen LogP contribution is 2.27. The van der Waals surface area contributed by atoms with Crippen LogP contribution < -0.4 is 0 Å². The minimum Gasteiger partial charge on any atom is -0.476 e. The normalized spacial score (nSPS) is 9.65. The molecule has 0 bridgehead atoms. The number of hydrogen-bond donors (Lipinski definition) is 1. The molecule has 0 aliphatic carbocycles. The van der Waals surface area contributed by atoms with Crippen molar-refractivity contribution in [1.29, 1.82) is 0 Å². The Balaban J connectivity index is 0.000000956. The first-order valence-electron chi connectivity index (χ1n) is 6.64. The first kappa shape index (κ1) is 15.8. The van der Waals surface area contributed by atoms with Crippen molar-refractivity contribution in [2.24, 2.45) is 0 Å². The number of rotatable bonds is 2. The minimum atomic E-state index is -1.03. The standard InChI is InChI=1S/C14H14N2O2.C2H6/c1-8-5-4-6-11(9(8)2)12-7-15-10(3)16-13(12)14(17)18;1-2/h4-7H,1-3H3,(H,17,18);1-2H3. The third-order valence-corrected chi connectivity index (χ3v) is 3.01. The van der Waals surface area contributed by atoms with Crippen molar-refractivity contribution >= 4 is 5.97 Å². The molecule has 0 spiro atoms. The van der Waals surface area contributed by atoms with Gasteiger partial charge < -0.3 is 5.11 Å². The van der Waals surface area contributed by atoms with Crippen LogP contribution in [-0.2, 0) is 0 Å². The lowest BCUT2D eigenvalue weighted by molar-refractivity contribution is 0.0691. The fourth-order valence-corrected chi connectivity index (χ4v) is 1.87. The molecule has 0 fully saturated rings. The van der Waals surface area contributed by atoms with E-state index in [-0.39, 0.29) is 5.69 Å². The van der Waals surface area contributed by atoms with Crippen LogP contribution in [0.3, 0.4) is 0 Å². The Bertz CT molecular complexity index is 622. The van der Waals surface area contributed by atoms with E-state index >= 15 is 0 Å². The number of nitrogens with zero attached hydrogens (tertiary/aromatic N) is 2. The molecular weight excluding hydrogens is 252 g/mol. The summed E-state index contributed by atoms with van der Waals surface area (Å²) in [5.74, 6) is -0.571. The van der Waals surface area contributed by atoms with E-state index in [2.05, 4.69) is 9.97 Å². The van der Waals surface area contributed by atoms with Gasteiger partial charge in [-0.3, -0.25) is 0 Å². The first-order chi connectivity index (χ1) is 9.50. The predicted octanol–water partition coefficient (Wildman–Crippen LogP) is 3.79. The van der Waals surface area contributed by atoms with Crippen LogP contribution in [0.2, 0.25) is 0 Å². The first-order valence-corrected chi connectivity index (χ1v) is 6.64. The maximum Gasteiger partial charge on any atom is 0.355 e. The van der Waals surface area contributed by atoms with E-state index in [9.17, 15) is 9.90 Å². The summed E-state index contributed by atoms with van der Waals surface area (Å²) in [7, 11) is 0. The van der Waals surface area contributed by atoms with Crippen LogP contribution in [0.25, 0.3) is 11.1 Å². The lowest BCUT2D eigenvalue weighted by Crippen LogP contribution is -2.06. The molecule has 4 heteroatoms. The Hall–Kier alpha value is -2.23. The van der Waals surface area contributed by atoms with Gasteiger partial charge in [-0.05, 0) is 37.5 Å². The summed E-state index contributed by atoms with van der Waals surface area (Å²) in [6.45, 7) is 9.64. The van der Waals surface area contributed by atoms with Gasteiger partial charge in [0.1, 0.15) is 5.82 Å². The summed E-state index contributed by atoms with van der Waals surface area (Å²) in [4.78, 5) is 19.4. The molecule has 1 aromatic heterocycles. The van der Waals surface area contributed by atoms with E-state index in [4.69, 9.17) is 0 Å². The molecular formula is C16H20N2O2. The molecule has 0 unspecified atom stereocenters. The number of hydrogen-bond acceptors (Lipinski definition) is 3. The van der Waals surface area contributed by atoms with E-state index in [1.165, 1.54) is 0 Å². The van der Waals surface area contributed by atoms with Gasteiger partial charge in [0.05, 0.1) is 0 Å². The minimum absolute atomic E-state index is 0.0520. The third kappa shape index (κ3) is 3.20. The number of aromatic carboxylic acids is 1.